The number of rotatable bonds is 6. The molecule has 3 nitrogen and oxygen atoms in total. The lowest BCUT2D eigenvalue weighted by atomic mass is 10.1. The van der Waals surface area contributed by atoms with Gasteiger partial charge in [0.25, 0.3) is 0 Å². The first kappa shape index (κ1) is 13.7. The van der Waals surface area contributed by atoms with E-state index in [1.54, 1.807) is 0 Å². The van der Waals surface area contributed by atoms with Crippen LogP contribution in [0.2, 0.25) is 0 Å². The summed E-state index contributed by atoms with van der Waals surface area (Å²) in [5.74, 6) is 2.69. The van der Waals surface area contributed by atoms with Gasteiger partial charge in [-0.2, -0.15) is 0 Å². The average Bonchev–Trinajstić information content (AvgIpc) is 3.12. The molecule has 3 rings (SSSR count). The van der Waals surface area contributed by atoms with Crippen molar-refractivity contribution in [2.24, 2.45) is 5.92 Å². The monoisotopic (exact) mass is 275 g/mol. The summed E-state index contributed by atoms with van der Waals surface area (Å²) in [6, 6.07) is 6.63. The fraction of sp³-hybridized carbons (Fsp3) is 0.647. The predicted molar refractivity (Wildman–Crippen MR) is 80.4 cm³/mol. The van der Waals surface area contributed by atoms with Gasteiger partial charge in [0.05, 0.1) is 12.6 Å². The summed E-state index contributed by atoms with van der Waals surface area (Å²) < 4.78 is 11.7. The van der Waals surface area contributed by atoms with Gasteiger partial charge in [0.1, 0.15) is 18.1 Å². The number of hydrogen-bond acceptors (Lipinski definition) is 3. The molecule has 1 aromatic rings. The van der Waals surface area contributed by atoms with Gasteiger partial charge in [0.15, 0.2) is 0 Å². The van der Waals surface area contributed by atoms with E-state index in [2.05, 4.69) is 30.4 Å². The first-order valence-electron chi connectivity index (χ1n) is 7.99. The van der Waals surface area contributed by atoms with Crippen LogP contribution in [0.15, 0.2) is 18.2 Å². The second-order valence-electron chi connectivity index (χ2n) is 5.98. The molecular formula is C17H25NO2. The minimum Gasteiger partial charge on any atom is -0.493 e. The van der Waals surface area contributed by atoms with Crippen LogP contribution in [0.4, 0.5) is 0 Å². The van der Waals surface area contributed by atoms with E-state index in [1.165, 1.54) is 31.2 Å². The fourth-order valence-corrected chi connectivity index (χ4v) is 3.16. The summed E-state index contributed by atoms with van der Waals surface area (Å²) >= 11 is 0. The summed E-state index contributed by atoms with van der Waals surface area (Å²) in [6.45, 7) is 4.81. The molecule has 1 aromatic carbocycles. The average molecular weight is 275 g/mol. The Kier molecular flexibility index (Phi) is 4.46. The lowest BCUT2D eigenvalue weighted by molar-refractivity contribution is 0.250. The standard InChI is InChI=1S/C17H25NO2/c1-2-9-18-16-12-20-17-10-14(7-8-15(16)17)19-11-13-5-3-4-6-13/h7-8,10,13,16,18H,2-6,9,11-12H2,1H3. The van der Waals surface area contributed by atoms with Crippen LogP contribution in [0.3, 0.4) is 0 Å². The second-order valence-corrected chi connectivity index (χ2v) is 5.98. The van der Waals surface area contributed by atoms with Gasteiger partial charge in [-0.1, -0.05) is 19.8 Å². The van der Waals surface area contributed by atoms with Gasteiger partial charge >= 0.3 is 0 Å². The van der Waals surface area contributed by atoms with Crippen LogP contribution in [0.1, 0.15) is 50.6 Å². The van der Waals surface area contributed by atoms with E-state index in [9.17, 15) is 0 Å². The number of nitrogens with one attached hydrogen (secondary N) is 1. The molecule has 1 unspecified atom stereocenters. The molecule has 1 heterocycles. The van der Waals surface area contributed by atoms with Crippen LogP contribution in [0.25, 0.3) is 0 Å². The number of fused-ring (bicyclic) bond motifs is 1. The van der Waals surface area contributed by atoms with Gasteiger partial charge in [0, 0.05) is 11.6 Å². The molecule has 3 heteroatoms. The minimum atomic E-state index is 0.342. The molecule has 20 heavy (non-hydrogen) atoms. The van der Waals surface area contributed by atoms with Gasteiger partial charge in [-0.05, 0) is 43.9 Å². The number of hydrogen-bond donors (Lipinski definition) is 1. The van der Waals surface area contributed by atoms with Crippen molar-refractivity contribution in [3.05, 3.63) is 23.8 Å². The maximum Gasteiger partial charge on any atom is 0.127 e. The first-order valence-corrected chi connectivity index (χ1v) is 7.99. The molecule has 110 valence electrons. The molecule has 1 N–H and O–H groups in total. The van der Waals surface area contributed by atoms with Crippen LogP contribution in [-0.4, -0.2) is 19.8 Å². The maximum absolute atomic E-state index is 5.93. The van der Waals surface area contributed by atoms with Crippen molar-refractivity contribution in [3.8, 4) is 11.5 Å². The third kappa shape index (κ3) is 3.09. The molecule has 0 bridgehead atoms. The van der Waals surface area contributed by atoms with E-state index in [4.69, 9.17) is 9.47 Å². The molecule has 1 aliphatic heterocycles. The van der Waals surface area contributed by atoms with Crippen molar-refractivity contribution in [2.45, 2.75) is 45.1 Å². The Morgan fingerprint density at radius 1 is 1.30 bits per heavy atom. The zero-order valence-electron chi connectivity index (χ0n) is 12.4. The normalized spacial score (nSPS) is 21.8. The van der Waals surface area contributed by atoms with Crippen LogP contribution in [0, 0.1) is 5.92 Å². The highest BCUT2D eigenvalue weighted by Crippen LogP contribution is 2.35. The summed E-state index contributed by atoms with van der Waals surface area (Å²) in [7, 11) is 0. The van der Waals surface area contributed by atoms with Crippen molar-refractivity contribution in [2.75, 3.05) is 19.8 Å². The molecule has 0 radical (unpaired) electrons. The lowest BCUT2D eigenvalue weighted by Gasteiger charge is -2.13. The van der Waals surface area contributed by atoms with Gasteiger partial charge in [-0.15, -0.1) is 0 Å². The Bertz CT molecular complexity index is 441. The van der Waals surface area contributed by atoms with Crippen LogP contribution in [0.5, 0.6) is 11.5 Å². The number of ether oxygens (including phenoxy) is 2. The smallest absolute Gasteiger partial charge is 0.127 e. The zero-order valence-corrected chi connectivity index (χ0v) is 12.4. The van der Waals surface area contributed by atoms with Crippen molar-refractivity contribution >= 4 is 0 Å². The third-order valence-electron chi connectivity index (χ3n) is 4.37. The first-order chi connectivity index (χ1) is 9.86. The molecule has 1 aliphatic carbocycles. The summed E-state index contributed by atoms with van der Waals surface area (Å²) in [5.41, 5.74) is 1.27. The highest BCUT2D eigenvalue weighted by molar-refractivity contribution is 5.45. The SMILES string of the molecule is CCCNC1COc2cc(OCC3CCCC3)ccc21. The Hall–Kier alpha value is -1.22. The molecule has 1 fully saturated rings. The highest BCUT2D eigenvalue weighted by Gasteiger charge is 2.24. The Labute approximate surface area is 121 Å². The summed E-state index contributed by atoms with van der Waals surface area (Å²) in [6.07, 6.45) is 6.53. The van der Waals surface area contributed by atoms with Crippen LogP contribution < -0.4 is 14.8 Å². The predicted octanol–water partition coefficient (Wildman–Crippen LogP) is 3.69. The maximum atomic E-state index is 5.93. The van der Waals surface area contributed by atoms with E-state index in [-0.39, 0.29) is 0 Å². The molecule has 0 amide bonds. The fourth-order valence-electron chi connectivity index (χ4n) is 3.16. The van der Waals surface area contributed by atoms with E-state index in [1.807, 2.05) is 0 Å². The molecule has 0 spiro atoms. The highest BCUT2D eigenvalue weighted by atomic mass is 16.5. The van der Waals surface area contributed by atoms with Crippen molar-refractivity contribution in [1.82, 2.24) is 5.32 Å². The van der Waals surface area contributed by atoms with Crippen molar-refractivity contribution in [1.29, 1.82) is 0 Å². The summed E-state index contributed by atoms with van der Waals surface area (Å²) in [4.78, 5) is 0. The van der Waals surface area contributed by atoms with E-state index >= 15 is 0 Å². The molecule has 0 aromatic heterocycles. The Morgan fingerprint density at radius 2 is 2.15 bits per heavy atom. The quantitative estimate of drug-likeness (QED) is 0.859. The molecule has 1 atom stereocenters. The number of benzene rings is 1. The van der Waals surface area contributed by atoms with Crippen molar-refractivity contribution in [3.63, 3.8) is 0 Å². The molecule has 2 aliphatic rings. The molecule has 1 saturated carbocycles. The van der Waals surface area contributed by atoms with Crippen molar-refractivity contribution < 1.29 is 9.47 Å². The van der Waals surface area contributed by atoms with Gasteiger partial charge in [0.2, 0.25) is 0 Å². The van der Waals surface area contributed by atoms with Crippen LogP contribution in [-0.2, 0) is 0 Å². The summed E-state index contributed by atoms with van der Waals surface area (Å²) in [5, 5.41) is 3.52. The lowest BCUT2D eigenvalue weighted by Crippen LogP contribution is -2.22. The third-order valence-corrected chi connectivity index (χ3v) is 4.37. The molecule has 0 saturated heterocycles. The topological polar surface area (TPSA) is 30.5 Å². The van der Waals surface area contributed by atoms with E-state index in [0.29, 0.717) is 6.04 Å². The minimum absolute atomic E-state index is 0.342. The van der Waals surface area contributed by atoms with E-state index in [0.717, 1.165) is 43.6 Å². The Balaban J connectivity index is 1.58. The van der Waals surface area contributed by atoms with Gasteiger partial charge < -0.3 is 14.8 Å². The van der Waals surface area contributed by atoms with Crippen LogP contribution >= 0.6 is 0 Å². The van der Waals surface area contributed by atoms with Gasteiger partial charge in [-0.25, -0.2) is 0 Å². The molecular weight excluding hydrogens is 250 g/mol. The zero-order chi connectivity index (χ0) is 13.8. The second kappa shape index (κ2) is 6.49. The largest absolute Gasteiger partial charge is 0.493 e. The van der Waals surface area contributed by atoms with Gasteiger partial charge in [-0.3, -0.25) is 0 Å². The Morgan fingerprint density at radius 3 is 2.95 bits per heavy atom. The van der Waals surface area contributed by atoms with E-state index < -0.39 is 0 Å².